The van der Waals surface area contributed by atoms with Crippen molar-refractivity contribution in [3.8, 4) is 5.75 Å². The number of nitrogens with one attached hydrogen (secondary N) is 2. The second kappa shape index (κ2) is 8.61. The van der Waals surface area contributed by atoms with Gasteiger partial charge in [-0.05, 0) is 66.2 Å². The van der Waals surface area contributed by atoms with Gasteiger partial charge in [-0.2, -0.15) is 0 Å². The molecule has 2 aromatic rings. The fraction of sp³-hybridized carbons (Fsp3) is 0.368. The Morgan fingerprint density at radius 3 is 2.39 bits per heavy atom. The summed E-state index contributed by atoms with van der Waals surface area (Å²) >= 11 is 6.67. The average Bonchev–Trinajstić information content (AvgIpc) is 2.60. The Kier molecular flexibility index (Phi) is 6.58. The van der Waals surface area contributed by atoms with E-state index in [-0.39, 0.29) is 4.90 Å². The largest absolute Gasteiger partial charge is 0.495 e. The Morgan fingerprint density at radius 1 is 1.11 bits per heavy atom. The minimum absolute atomic E-state index is 0.160. The summed E-state index contributed by atoms with van der Waals surface area (Å²) in [6.07, 6.45) is 0. The first-order chi connectivity index (χ1) is 13.2. The van der Waals surface area contributed by atoms with Crippen molar-refractivity contribution in [2.75, 3.05) is 29.8 Å². The Bertz CT molecular complexity index is 959. The summed E-state index contributed by atoms with van der Waals surface area (Å²) in [4.78, 5) is 2.41. The fourth-order valence-corrected chi connectivity index (χ4v) is 6.21. The molecule has 1 fully saturated rings. The van der Waals surface area contributed by atoms with Crippen molar-refractivity contribution < 1.29 is 13.2 Å². The summed E-state index contributed by atoms with van der Waals surface area (Å²) in [6.45, 7) is 5.98. The molecule has 0 bridgehead atoms. The van der Waals surface area contributed by atoms with Crippen LogP contribution in [0.3, 0.4) is 0 Å². The van der Waals surface area contributed by atoms with Gasteiger partial charge < -0.3 is 15.0 Å². The second-order valence-electron chi connectivity index (χ2n) is 6.94. The number of anilines is 2. The third kappa shape index (κ3) is 4.82. The van der Waals surface area contributed by atoms with Crippen LogP contribution in [-0.2, 0) is 10.0 Å². The molecular formula is C19H23Br2N3O3S. The van der Waals surface area contributed by atoms with E-state index in [1.54, 1.807) is 24.3 Å². The Hall–Kier alpha value is -1.29. The lowest BCUT2D eigenvalue weighted by Gasteiger charge is -2.38. The summed E-state index contributed by atoms with van der Waals surface area (Å²) in [5, 5.41) is 3.50. The van der Waals surface area contributed by atoms with E-state index in [1.165, 1.54) is 7.11 Å². The SMILES string of the molecule is COc1ccc(N2C[C@@H](C)N[C@@H](C)C2)cc1NS(=O)(=O)c1ccc(Br)cc1Br. The topological polar surface area (TPSA) is 70.7 Å². The molecule has 3 rings (SSSR count). The van der Waals surface area contributed by atoms with Crippen molar-refractivity contribution in [2.24, 2.45) is 0 Å². The molecule has 1 saturated heterocycles. The molecule has 0 amide bonds. The number of sulfonamides is 1. The van der Waals surface area contributed by atoms with Crippen LogP contribution in [0.4, 0.5) is 11.4 Å². The van der Waals surface area contributed by atoms with Crippen molar-refractivity contribution in [1.82, 2.24) is 5.32 Å². The van der Waals surface area contributed by atoms with Gasteiger partial charge in [-0.3, -0.25) is 4.72 Å². The molecule has 28 heavy (non-hydrogen) atoms. The van der Waals surface area contributed by atoms with E-state index in [2.05, 4.69) is 60.6 Å². The lowest BCUT2D eigenvalue weighted by molar-refractivity contribution is 0.406. The highest BCUT2D eigenvalue weighted by atomic mass is 79.9. The molecule has 0 spiro atoms. The number of piperazine rings is 1. The molecule has 1 aliphatic heterocycles. The molecule has 2 N–H and O–H groups in total. The highest BCUT2D eigenvalue weighted by Crippen LogP contribution is 2.34. The first-order valence-corrected chi connectivity index (χ1v) is 11.9. The Labute approximate surface area is 183 Å². The third-order valence-corrected chi connectivity index (χ3v) is 7.37. The number of benzene rings is 2. The van der Waals surface area contributed by atoms with E-state index < -0.39 is 10.0 Å². The van der Waals surface area contributed by atoms with Gasteiger partial charge in [0.05, 0.1) is 12.8 Å². The molecule has 6 nitrogen and oxygen atoms in total. The van der Waals surface area contributed by atoms with Crippen LogP contribution < -0.4 is 19.7 Å². The number of ether oxygens (including phenoxy) is 1. The molecule has 152 valence electrons. The molecule has 1 heterocycles. The minimum atomic E-state index is -3.79. The zero-order valence-electron chi connectivity index (χ0n) is 15.9. The first-order valence-electron chi connectivity index (χ1n) is 8.86. The van der Waals surface area contributed by atoms with Crippen LogP contribution in [0.1, 0.15) is 13.8 Å². The van der Waals surface area contributed by atoms with E-state index >= 15 is 0 Å². The van der Waals surface area contributed by atoms with Crippen LogP contribution in [0, 0.1) is 0 Å². The zero-order valence-corrected chi connectivity index (χ0v) is 19.9. The van der Waals surface area contributed by atoms with E-state index in [4.69, 9.17) is 4.74 Å². The van der Waals surface area contributed by atoms with E-state index in [1.807, 2.05) is 12.1 Å². The summed E-state index contributed by atoms with van der Waals surface area (Å²) in [7, 11) is -2.27. The molecule has 0 unspecified atom stereocenters. The normalized spacial score (nSPS) is 20.1. The molecule has 2 atom stereocenters. The minimum Gasteiger partial charge on any atom is -0.495 e. The number of methoxy groups -OCH3 is 1. The maximum atomic E-state index is 13.0. The highest BCUT2D eigenvalue weighted by molar-refractivity contribution is 9.11. The highest BCUT2D eigenvalue weighted by Gasteiger charge is 2.24. The van der Waals surface area contributed by atoms with Crippen molar-refractivity contribution in [1.29, 1.82) is 0 Å². The Balaban J connectivity index is 1.94. The summed E-state index contributed by atoms with van der Waals surface area (Å²) in [5.74, 6) is 0.469. The standard InChI is InChI=1S/C19H23Br2N3O3S/c1-12-10-24(11-13(2)22-12)15-5-6-18(27-3)17(9-15)23-28(25,26)19-7-4-14(20)8-16(19)21/h4-9,12-13,22-23H,10-11H2,1-3H3/t12-,13+. The van der Waals surface area contributed by atoms with Gasteiger partial charge in [0, 0.05) is 39.8 Å². The lowest BCUT2D eigenvalue weighted by Crippen LogP contribution is -2.54. The second-order valence-corrected chi connectivity index (χ2v) is 10.4. The van der Waals surface area contributed by atoms with Gasteiger partial charge in [0.25, 0.3) is 10.0 Å². The molecule has 9 heteroatoms. The summed E-state index contributed by atoms with van der Waals surface area (Å²) < 4.78 is 35.2. The number of hydrogen-bond acceptors (Lipinski definition) is 5. The smallest absolute Gasteiger partial charge is 0.263 e. The van der Waals surface area contributed by atoms with Crippen LogP contribution in [0.5, 0.6) is 5.75 Å². The van der Waals surface area contributed by atoms with Gasteiger partial charge in [-0.25, -0.2) is 8.42 Å². The van der Waals surface area contributed by atoms with Crippen LogP contribution >= 0.6 is 31.9 Å². The molecule has 0 radical (unpaired) electrons. The van der Waals surface area contributed by atoms with Gasteiger partial charge >= 0.3 is 0 Å². The molecular weight excluding hydrogens is 510 g/mol. The summed E-state index contributed by atoms with van der Waals surface area (Å²) in [5.41, 5.74) is 1.36. The monoisotopic (exact) mass is 531 g/mol. The molecule has 2 aromatic carbocycles. The number of halogens is 2. The quantitative estimate of drug-likeness (QED) is 0.603. The van der Waals surface area contributed by atoms with Gasteiger partial charge in [0.1, 0.15) is 10.6 Å². The maximum absolute atomic E-state index is 13.0. The predicted octanol–water partition coefficient (Wildman–Crippen LogP) is 4.21. The number of hydrogen-bond donors (Lipinski definition) is 2. The molecule has 0 saturated carbocycles. The molecule has 1 aliphatic rings. The van der Waals surface area contributed by atoms with Gasteiger partial charge in [-0.1, -0.05) is 15.9 Å². The molecule has 0 aromatic heterocycles. The number of nitrogens with zero attached hydrogens (tertiary/aromatic N) is 1. The van der Waals surface area contributed by atoms with E-state index in [9.17, 15) is 8.42 Å². The van der Waals surface area contributed by atoms with Crippen molar-refractivity contribution >= 4 is 53.3 Å². The van der Waals surface area contributed by atoms with Gasteiger partial charge in [0.15, 0.2) is 0 Å². The van der Waals surface area contributed by atoms with Crippen molar-refractivity contribution in [2.45, 2.75) is 30.8 Å². The van der Waals surface area contributed by atoms with Crippen LogP contribution in [0.2, 0.25) is 0 Å². The Morgan fingerprint density at radius 2 is 1.79 bits per heavy atom. The van der Waals surface area contributed by atoms with Crippen molar-refractivity contribution in [3.63, 3.8) is 0 Å². The first kappa shape index (κ1) is 21.4. The van der Waals surface area contributed by atoms with E-state index in [0.717, 1.165) is 23.2 Å². The van der Waals surface area contributed by atoms with Gasteiger partial charge in [-0.15, -0.1) is 0 Å². The van der Waals surface area contributed by atoms with Crippen LogP contribution in [0.15, 0.2) is 50.2 Å². The zero-order chi connectivity index (χ0) is 20.5. The number of rotatable bonds is 5. The van der Waals surface area contributed by atoms with Crippen molar-refractivity contribution in [3.05, 3.63) is 45.3 Å². The van der Waals surface area contributed by atoms with E-state index in [0.29, 0.717) is 28.0 Å². The summed E-state index contributed by atoms with van der Waals surface area (Å²) in [6, 6.07) is 11.2. The fourth-order valence-electron chi connectivity index (χ4n) is 3.40. The van der Waals surface area contributed by atoms with Gasteiger partial charge in [0.2, 0.25) is 0 Å². The molecule has 0 aliphatic carbocycles. The van der Waals surface area contributed by atoms with Crippen LogP contribution in [-0.4, -0.2) is 40.7 Å². The van der Waals surface area contributed by atoms with Crippen LogP contribution in [0.25, 0.3) is 0 Å². The maximum Gasteiger partial charge on any atom is 0.263 e. The lowest BCUT2D eigenvalue weighted by atomic mass is 10.1. The third-order valence-electron chi connectivity index (χ3n) is 4.53. The average molecular weight is 533 g/mol. The predicted molar refractivity (Wildman–Crippen MR) is 120 cm³/mol.